The van der Waals surface area contributed by atoms with Crippen molar-refractivity contribution in [1.29, 1.82) is 0 Å². The first kappa shape index (κ1) is 11.5. The molecule has 0 aliphatic heterocycles. The first-order valence-electron chi connectivity index (χ1n) is 6.14. The molecule has 0 fully saturated rings. The molecule has 19 heavy (non-hydrogen) atoms. The Morgan fingerprint density at radius 1 is 0.789 bits per heavy atom. The average molecular weight is 247 g/mol. The Hall–Kier alpha value is -2.61. The van der Waals surface area contributed by atoms with E-state index in [1.165, 1.54) is 5.39 Å². The van der Waals surface area contributed by atoms with Crippen LogP contribution in [0.4, 0.5) is 5.69 Å². The highest BCUT2D eigenvalue weighted by atomic mass is 16.3. The van der Waals surface area contributed by atoms with Crippen LogP contribution in [0.3, 0.4) is 0 Å². The van der Waals surface area contributed by atoms with Crippen molar-refractivity contribution in [2.75, 3.05) is 0 Å². The molecular weight excluding hydrogens is 234 g/mol. The number of hydrogen-bond acceptors (Lipinski definition) is 2. The molecule has 0 saturated carbocycles. The number of para-hydroxylation sites is 2. The Balaban J connectivity index is 2.04. The normalized spacial score (nSPS) is 11.2. The number of benzene rings is 3. The minimum Gasteiger partial charge on any atom is -0.506 e. The largest absolute Gasteiger partial charge is 0.506 e. The van der Waals surface area contributed by atoms with E-state index >= 15 is 0 Å². The maximum atomic E-state index is 9.69. The zero-order valence-electron chi connectivity index (χ0n) is 10.3. The molecule has 1 N–H and O–H groups in total. The summed E-state index contributed by atoms with van der Waals surface area (Å²) < 4.78 is 0. The number of aliphatic imine (C=N–C) groups is 1. The van der Waals surface area contributed by atoms with Gasteiger partial charge in [-0.2, -0.15) is 0 Å². The fourth-order valence-electron chi connectivity index (χ4n) is 2.08. The van der Waals surface area contributed by atoms with Crippen LogP contribution in [0.1, 0.15) is 5.56 Å². The van der Waals surface area contributed by atoms with Gasteiger partial charge in [0.2, 0.25) is 0 Å². The molecule has 3 aromatic rings. The third kappa shape index (κ3) is 2.33. The van der Waals surface area contributed by atoms with E-state index in [0.717, 1.165) is 10.9 Å². The predicted molar refractivity (Wildman–Crippen MR) is 79.3 cm³/mol. The van der Waals surface area contributed by atoms with E-state index in [0.29, 0.717) is 5.69 Å². The van der Waals surface area contributed by atoms with Crippen LogP contribution in [0.5, 0.6) is 5.75 Å². The summed E-state index contributed by atoms with van der Waals surface area (Å²) in [4.78, 5) is 4.35. The number of fused-ring (bicyclic) bond motifs is 1. The smallest absolute Gasteiger partial charge is 0.141 e. The van der Waals surface area contributed by atoms with Gasteiger partial charge in [-0.3, -0.25) is 4.99 Å². The lowest BCUT2D eigenvalue weighted by Crippen LogP contribution is -1.83. The summed E-state index contributed by atoms with van der Waals surface area (Å²) >= 11 is 0. The molecule has 0 amide bonds. The molecule has 0 atom stereocenters. The Morgan fingerprint density at radius 2 is 1.53 bits per heavy atom. The van der Waals surface area contributed by atoms with Crippen LogP contribution < -0.4 is 0 Å². The van der Waals surface area contributed by atoms with Gasteiger partial charge in [-0.15, -0.1) is 0 Å². The summed E-state index contributed by atoms with van der Waals surface area (Å²) in [5, 5.41) is 12.0. The van der Waals surface area contributed by atoms with E-state index in [1.807, 2.05) is 30.3 Å². The Kier molecular flexibility index (Phi) is 2.99. The van der Waals surface area contributed by atoms with Crippen molar-refractivity contribution < 1.29 is 5.11 Å². The van der Waals surface area contributed by atoms with Crippen LogP contribution in [-0.4, -0.2) is 11.3 Å². The SMILES string of the molecule is Oc1ccccc1N=Cc1cccc2ccccc12. The molecule has 0 spiro atoms. The van der Waals surface area contributed by atoms with Crippen molar-refractivity contribution in [2.45, 2.75) is 0 Å². The van der Waals surface area contributed by atoms with E-state index < -0.39 is 0 Å². The van der Waals surface area contributed by atoms with Crippen molar-refractivity contribution in [3.8, 4) is 5.75 Å². The van der Waals surface area contributed by atoms with E-state index in [4.69, 9.17) is 0 Å². The van der Waals surface area contributed by atoms with Crippen LogP contribution in [0, 0.1) is 0 Å². The molecular formula is C17H13NO. The fourth-order valence-corrected chi connectivity index (χ4v) is 2.08. The molecule has 0 aromatic heterocycles. The van der Waals surface area contributed by atoms with Gasteiger partial charge in [-0.05, 0) is 22.9 Å². The second-order valence-electron chi connectivity index (χ2n) is 4.32. The van der Waals surface area contributed by atoms with Gasteiger partial charge in [-0.25, -0.2) is 0 Å². The van der Waals surface area contributed by atoms with Crippen LogP contribution >= 0.6 is 0 Å². The Labute approximate surface area is 111 Å². The molecule has 2 heteroatoms. The van der Waals surface area contributed by atoms with E-state index in [2.05, 4.69) is 23.2 Å². The molecule has 0 aliphatic rings. The van der Waals surface area contributed by atoms with E-state index in [-0.39, 0.29) is 5.75 Å². The first-order chi connectivity index (χ1) is 9.34. The van der Waals surface area contributed by atoms with Crippen molar-refractivity contribution in [3.05, 3.63) is 72.3 Å². The number of rotatable bonds is 2. The highest BCUT2D eigenvalue weighted by Crippen LogP contribution is 2.25. The van der Waals surface area contributed by atoms with Gasteiger partial charge < -0.3 is 5.11 Å². The van der Waals surface area contributed by atoms with Gasteiger partial charge in [0.15, 0.2) is 0 Å². The summed E-state index contributed by atoms with van der Waals surface area (Å²) in [5.74, 6) is 0.194. The van der Waals surface area contributed by atoms with Gasteiger partial charge in [0, 0.05) is 11.8 Å². The van der Waals surface area contributed by atoms with Crippen LogP contribution in [0.15, 0.2) is 71.7 Å². The van der Waals surface area contributed by atoms with Gasteiger partial charge in [0.25, 0.3) is 0 Å². The highest BCUT2D eigenvalue weighted by Gasteiger charge is 1.98. The predicted octanol–water partition coefficient (Wildman–Crippen LogP) is 4.30. The molecule has 0 unspecified atom stereocenters. The quantitative estimate of drug-likeness (QED) is 0.673. The monoisotopic (exact) mass is 247 g/mol. The van der Waals surface area contributed by atoms with Gasteiger partial charge in [0.05, 0.1) is 0 Å². The number of nitrogens with zero attached hydrogens (tertiary/aromatic N) is 1. The van der Waals surface area contributed by atoms with Crippen molar-refractivity contribution in [1.82, 2.24) is 0 Å². The zero-order valence-corrected chi connectivity index (χ0v) is 10.3. The second kappa shape index (κ2) is 4.94. The van der Waals surface area contributed by atoms with E-state index in [1.54, 1.807) is 24.4 Å². The highest BCUT2D eigenvalue weighted by molar-refractivity contribution is 6.00. The topological polar surface area (TPSA) is 32.6 Å². The lowest BCUT2D eigenvalue weighted by Gasteiger charge is -2.01. The number of phenols is 1. The molecule has 92 valence electrons. The van der Waals surface area contributed by atoms with Gasteiger partial charge in [-0.1, -0.05) is 54.6 Å². The lowest BCUT2D eigenvalue weighted by atomic mass is 10.1. The maximum absolute atomic E-state index is 9.69. The van der Waals surface area contributed by atoms with Crippen LogP contribution in [-0.2, 0) is 0 Å². The number of hydrogen-bond donors (Lipinski definition) is 1. The molecule has 0 saturated heterocycles. The van der Waals surface area contributed by atoms with Crippen LogP contribution in [0.25, 0.3) is 10.8 Å². The third-order valence-corrected chi connectivity index (χ3v) is 3.05. The van der Waals surface area contributed by atoms with Crippen molar-refractivity contribution in [3.63, 3.8) is 0 Å². The summed E-state index contributed by atoms with van der Waals surface area (Å²) in [5.41, 5.74) is 1.62. The molecule has 0 aliphatic carbocycles. The Bertz CT molecular complexity index is 742. The average Bonchev–Trinajstić information content (AvgIpc) is 2.46. The maximum Gasteiger partial charge on any atom is 0.141 e. The minimum atomic E-state index is 0.194. The minimum absolute atomic E-state index is 0.194. The molecule has 2 nitrogen and oxygen atoms in total. The lowest BCUT2D eigenvalue weighted by molar-refractivity contribution is 0.477. The Morgan fingerprint density at radius 3 is 2.42 bits per heavy atom. The zero-order chi connectivity index (χ0) is 13.1. The molecule has 0 heterocycles. The van der Waals surface area contributed by atoms with Crippen molar-refractivity contribution in [2.24, 2.45) is 4.99 Å². The third-order valence-electron chi connectivity index (χ3n) is 3.05. The molecule has 3 aromatic carbocycles. The first-order valence-corrected chi connectivity index (χ1v) is 6.14. The van der Waals surface area contributed by atoms with Gasteiger partial charge in [0.1, 0.15) is 11.4 Å². The molecule has 0 radical (unpaired) electrons. The number of aromatic hydroxyl groups is 1. The van der Waals surface area contributed by atoms with E-state index in [9.17, 15) is 5.11 Å². The van der Waals surface area contributed by atoms with Crippen LogP contribution in [0.2, 0.25) is 0 Å². The van der Waals surface area contributed by atoms with Crippen molar-refractivity contribution >= 4 is 22.7 Å². The summed E-state index contributed by atoms with van der Waals surface area (Å²) in [6.07, 6.45) is 1.79. The second-order valence-corrected chi connectivity index (χ2v) is 4.32. The summed E-state index contributed by atoms with van der Waals surface area (Å²) in [7, 11) is 0. The molecule has 0 bridgehead atoms. The van der Waals surface area contributed by atoms with Gasteiger partial charge >= 0.3 is 0 Å². The number of phenolic OH excluding ortho intramolecular Hbond substituents is 1. The standard InChI is InChI=1S/C17H13NO/c19-17-11-4-3-10-16(17)18-12-14-8-5-7-13-6-1-2-9-15(13)14/h1-12,19H. The summed E-state index contributed by atoms with van der Waals surface area (Å²) in [6, 6.07) is 21.3. The molecule has 3 rings (SSSR count). The fraction of sp³-hybridized carbons (Fsp3) is 0. The summed E-state index contributed by atoms with van der Waals surface area (Å²) in [6.45, 7) is 0.